The van der Waals surface area contributed by atoms with E-state index in [-0.39, 0.29) is 11.9 Å². The van der Waals surface area contributed by atoms with Gasteiger partial charge in [-0.2, -0.15) is 0 Å². The molecule has 2 bridgehead atoms. The molecule has 1 N–H and O–H groups in total. The Morgan fingerprint density at radius 2 is 1.65 bits per heavy atom. The molecule has 3 aromatic carbocycles. The number of phenolic OH excluding ortho intramolecular Hbond substituents is 1. The smallest absolute Gasteiger partial charge is 0.241 e. The van der Waals surface area contributed by atoms with Gasteiger partial charge in [-0.05, 0) is 72.0 Å². The van der Waals surface area contributed by atoms with E-state index in [2.05, 4.69) is 4.98 Å². The average Bonchev–Trinajstić information content (AvgIpc) is 3.67. The molecule has 7 nitrogen and oxygen atoms in total. The second-order valence-corrected chi connectivity index (χ2v) is 11.3. The van der Waals surface area contributed by atoms with Gasteiger partial charge in [0.25, 0.3) is 0 Å². The third-order valence-corrected chi connectivity index (χ3v) is 9.46. The van der Waals surface area contributed by atoms with E-state index in [9.17, 15) is 13.5 Å². The number of para-hydroxylation sites is 1. The molecule has 37 heavy (non-hydrogen) atoms. The van der Waals surface area contributed by atoms with Crippen molar-refractivity contribution in [3.05, 3.63) is 109 Å². The summed E-state index contributed by atoms with van der Waals surface area (Å²) in [5.74, 6) is 0.182. The van der Waals surface area contributed by atoms with Gasteiger partial charge in [-0.15, -0.1) is 0 Å². The molecule has 3 heterocycles. The Bertz CT molecular complexity index is 1530. The van der Waals surface area contributed by atoms with Crippen LogP contribution in [0.4, 0.5) is 5.69 Å². The fraction of sp³-hybridized carbons (Fsp3) is 0.207. The summed E-state index contributed by atoms with van der Waals surface area (Å²) in [6.45, 7) is 2.19. The topological polar surface area (TPSA) is 84.7 Å². The quantitative estimate of drug-likeness (QED) is 0.381. The molecule has 0 amide bonds. The summed E-state index contributed by atoms with van der Waals surface area (Å²) < 4.78 is 37.8. The molecule has 3 unspecified atom stereocenters. The van der Waals surface area contributed by atoms with Gasteiger partial charge in [-0.3, -0.25) is 4.31 Å². The summed E-state index contributed by atoms with van der Waals surface area (Å²) in [4.78, 5) is 4.12. The summed E-state index contributed by atoms with van der Waals surface area (Å²) >= 11 is 0. The molecule has 0 radical (unpaired) electrons. The molecule has 0 spiro atoms. The van der Waals surface area contributed by atoms with Crippen molar-refractivity contribution in [2.75, 3.05) is 10.8 Å². The van der Waals surface area contributed by atoms with Crippen LogP contribution in [0.25, 0.3) is 16.8 Å². The van der Waals surface area contributed by atoms with Gasteiger partial charge in [0.05, 0.1) is 18.1 Å². The van der Waals surface area contributed by atoms with Crippen LogP contribution >= 0.6 is 0 Å². The molecule has 1 saturated heterocycles. The fourth-order valence-electron chi connectivity index (χ4n) is 5.49. The zero-order valence-electron chi connectivity index (χ0n) is 20.3. The number of aromatic hydroxyl groups is 1. The SMILES string of the molecule is CCN(c1ccccc1)S(=O)(=O)C1CC2OC1C(c1ccc(-n3ccnc3)cc1)=C2c1ccc(O)cc1. The van der Waals surface area contributed by atoms with Crippen molar-refractivity contribution in [2.45, 2.75) is 30.8 Å². The molecule has 6 rings (SSSR count). The molecule has 1 aromatic heterocycles. The zero-order chi connectivity index (χ0) is 25.6. The van der Waals surface area contributed by atoms with Gasteiger partial charge in [-0.25, -0.2) is 13.4 Å². The van der Waals surface area contributed by atoms with E-state index in [1.807, 2.05) is 84.4 Å². The Kier molecular flexibility index (Phi) is 5.85. The second kappa shape index (κ2) is 9.21. The van der Waals surface area contributed by atoms with Crippen molar-refractivity contribution in [1.29, 1.82) is 0 Å². The average molecular weight is 514 g/mol. The number of imidazole rings is 1. The van der Waals surface area contributed by atoms with Crippen LogP contribution in [0.15, 0.2) is 97.6 Å². The maximum atomic E-state index is 14.0. The summed E-state index contributed by atoms with van der Waals surface area (Å²) in [6, 6.07) is 24.2. The second-order valence-electron chi connectivity index (χ2n) is 9.26. The number of sulfonamides is 1. The van der Waals surface area contributed by atoms with Crippen molar-refractivity contribution < 1.29 is 18.3 Å². The molecule has 8 heteroatoms. The highest BCUT2D eigenvalue weighted by Crippen LogP contribution is 2.51. The summed E-state index contributed by atoms with van der Waals surface area (Å²) in [5.41, 5.74) is 5.32. The van der Waals surface area contributed by atoms with E-state index in [1.54, 1.807) is 24.7 Å². The molecule has 0 saturated carbocycles. The van der Waals surface area contributed by atoms with Crippen molar-refractivity contribution in [3.63, 3.8) is 0 Å². The van der Waals surface area contributed by atoms with Crippen LogP contribution in [-0.4, -0.2) is 47.1 Å². The van der Waals surface area contributed by atoms with Gasteiger partial charge in [-0.1, -0.05) is 42.5 Å². The van der Waals surface area contributed by atoms with E-state index in [0.29, 0.717) is 18.7 Å². The lowest BCUT2D eigenvalue weighted by atomic mass is 9.83. The monoisotopic (exact) mass is 513 g/mol. The fourth-order valence-corrected chi connectivity index (χ4v) is 7.53. The predicted octanol–water partition coefficient (Wildman–Crippen LogP) is 4.88. The van der Waals surface area contributed by atoms with Crippen LogP contribution in [0, 0.1) is 0 Å². The van der Waals surface area contributed by atoms with E-state index in [4.69, 9.17) is 4.74 Å². The number of aromatic nitrogens is 2. The summed E-state index contributed by atoms with van der Waals surface area (Å²) in [6.07, 6.45) is 4.77. The van der Waals surface area contributed by atoms with E-state index in [0.717, 1.165) is 28.0 Å². The Hall–Kier alpha value is -3.88. The lowest BCUT2D eigenvalue weighted by Crippen LogP contribution is -2.43. The van der Waals surface area contributed by atoms with Gasteiger partial charge >= 0.3 is 0 Å². The van der Waals surface area contributed by atoms with Crippen molar-refractivity contribution in [2.24, 2.45) is 0 Å². The van der Waals surface area contributed by atoms with Gasteiger partial charge in [0, 0.05) is 24.6 Å². The van der Waals surface area contributed by atoms with Crippen LogP contribution in [-0.2, 0) is 14.8 Å². The van der Waals surface area contributed by atoms with Crippen molar-refractivity contribution in [3.8, 4) is 11.4 Å². The number of hydrogen-bond acceptors (Lipinski definition) is 5. The van der Waals surface area contributed by atoms with Crippen molar-refractivity contribution >= 4 is 26.9 Å². The minimum Gasteiger partial charge on any atom is -0.508 e. The lowest BCUT2D eigenvalue weighted by molar-refractivity contribution is 0.128. The molecule has 2 aliphatic rings. The minimum absolute atomic E-state index is 0.182. The number of anilines is 1. The Morgan fingerprint density at radius 3 is 2.30 bits per heavy atom. The van der Waals surface area contributed by atoms with Gasteiger partial charge in [0.1, 0.15) is 17.1 Å². The molecular weight excluding hydrogens is 486 g/mol. The highest BCUT2D eigenvalue weighted by Gasteiger charge is 2.54. The number of benzene rings is 3. The van der Waals surface area contributed by atoms with Crippen LogP contribution in [0.2, 0.25) is 0 Å². The van der Waals surface area contributed by atoms with Crippen LogP contribution in [0.5, 0.6) is 5.75 Å². The first-order valence-corrected chi connectivity index (χ1v) is 13.8. The predicted molar refractivity (Wildman–Crippen MR) is 144 cm³/mol. The molecule has 3 atom stereocenters. The number of ether oxygens (including phenoxy) is 1. The van der Waals surface area contributed by atoms with Crippen LogP contribution in [0.1, 0.15) is 24.5 Å². The summed E-state index contributed by atoms with van der Waals surface area (Å²) in [5, 5.41) is 9.13. The van der Waals surface area contributed by atoms with Crippen molar-refractivity contribution in [1.82, 2.24) is 9.55 Å². The van der Waals surface area contributed by atoms with Crippen LogP contribution < -0.4 is 4.31 Å². The standard InChI is InChI=1S/C29H27N3O4S/c1-2-32(23-6-4-3-5-7-23)37(34,35)26-18-25-27(20-10-14-24(33)15-11-20)28(29(26)36-25)21-8-12-22(13-9-21)31-17-16-30-19-31/h3-17,19,25-26,29,33H,2,18H2,1H3. The largest absolute Gasteiger partial charge is 0.508 e. The Balaban J connectivity index is 1.44. The Labute approximate surface area is 216 Å². The molecular formula is C29H27N3O4S. The third kappa shape index (κ3) is 4.02. The first-order valence-electron chi connectivity index (χ1n) is 12.3. The number of nitrogens with zero attached hydrogens (tertiary/aromatic N) is 3. The first kappa shape index (κ1) is 23.5. The third-order valence-electron chi connectivity index (χ3n) is 7.17. The highest BCUT2D eigenvalue weighted by atomic mass is 32.2. The highest BCUT2D eigenvalue weighted by molar-refractivity contribution is 7.93. The first-order chi connectivity index (χ1) is 18.0. The minimum atomic E-state index is -3.71. The molecule has 0 aliphatic carbocycles. The Morgan fingerprint density at radius 1 is 0.973 bits per heavy atom. The van der Waals surface area contributed by atoms with E-state index in [1.165, 1.54) is 4.31 Å². The van der Waals surface area contributed by atoms with Crippen LogP contribution in [0.3, 0.4) is 0 Å². The maximum Gasteiger partial charge on any atom is 0.241 e. The van der Waals surface area contributed by atoms with Gasteiger partial charge in [0.2, 0.25) is 10.0 Å². The number of phenols is 1. The van der Waals surface area contributed by atoms with E-state index >= 15 is 0 Å². The van der Waals surface area contributed by atoms with Gasteiger partial charge < -0.3 is 14.4 Å². The molecule has 2 aliphatic heterocycles. The molecule has 1 fully saturated rings. The normalized spacial score (nSPS) is 20.9. The zero-order valence-corrected chi connectivity index (χ0v) is 21.1. The van der Waals surface area contributed by atoms with E-state index < -0.39 is 21.4 Å². The summed E-state index contributed by atoms with van der Waals surface area (Å²) in [7, 11) is -3.71. The number of rotatable bonds is 7. The molecule has 188 valence electrons. The number of fused-ring (bicyclic) bond motifs is 2. The number of hydrogen-bond donors (Lipinski definition) is 1. The maximum absolute atomic E-state index is 14.0. The lowest BCUT2D eigenvalue weighted by Gasteiger charge is -2.31. The van der Waals surface area contributed by atoms with Gasteiger partial charge in [0.15, 0.2) is 0 Å². The molecule has 4 aromatic rings.